The molecule has 0 unspecified atom stereocenters. The van der Waals surface area contributed by atoms with Crippen molar-refractivity contribution in [2.75, 3.05) is 14.2 Å². The SMILES string of the molecule is COc1ccc(/C=C(\C#N)c2nc3ccccc3o2)c(OC)c1. The number of allylic oxidation sites excluding steroid dienone is 1. The Hall–Kier alpha value is -3.26. The molecule has 0 saturated carbocycles. The lowest BCUT2D eigenvalue weighted by atomic mass is 10.1. The summed E-state index contributed by atoms with van der Waals surface area (Å²) in [5, 5.41) is 9.45. The highest BCUT2D eigenvalue weighted by Crippen LogP contribution is 2.29. The molecular formula is C18H14N2O3. The van der Waals surface area contributed by atoms with E-state index in [4.69, 9.17) is 13.9 Å². The molecule has 0 atom stereocenters. The number of hydrogen-bond donors (Lipinski definition) is 0. The molecule has 5 heteroatoms. The molecule has 0 aliphatic rings. The van der Waals surface area contributed by atoms with Gasteiger partial charge in [0, 0.05) is 11.6 Å². The maximum absolute atomic E-state index is 9.45. The molecule has 0 bridgehead atoms. The van der Waals surface area contributed by atoms with Crippen LogP contribution in [0.5, 0.6) is 11.5 Å². The van der Waals surface area contributed by atoms with E-state index in [1.165, 1.54) is 0 Å². The first kappa shape index (κ1) is 14.7. The van der Waals surface area contributed by atoms with Crippen LogP contribution in [0.25, 0.3) is 22.7 Å². The van der Waals surface area contributed by atoms with Gasteiger partial charge in [0.25, 0.3) is 0 Å². The lowest BCUT2D eigenvalue weighted by molar-refractivity contribution is 0.394. The molecule has 3 aromatic rings. The van der Waals surface area contributed by atoms with Gasteiger partial charge in [-0.25, -0.2) is 4.98 Å². The van der Waals surface area contributed by atoms with Crippen LogP contribution in [0.1, 0.15) is 11.5 Å². The summed E-state index contributed by atoms with van der Waals surface area (Å²) in [5.74, 6) is 1.57. The van der Waals surface area contributed by atoms with Gasteiger partial charge in [0.2, 0.25) is 5.89 Å². The van der Waals surface area contributed by atoms with Gasteiger partial charge in [0.15, 0.2) is 5.58 Å². The van der Waals surface area contributed by atoms with Crippen LogP contribution in [0.3, 0.4) is 0 Å². The van der Waals surface area contributed by atoms with Gasteiger partial charge >= 0.3 is 0 Å². The lowest BCUT2D eigenvalue weighted by Gasteiger charge is -2.07. The summed E-state index contributed by atoms with van der Waals surface area (Å²) in [5.41, 5.74) is 2.42. The molecule has 2 aromatic carbocycles. The fourth-order valence-electron chi connectivity index (χ4n) is 2.22. The Morgan fingerprint density at radius 3 is 2.70 bits per heavy atom. The number of ether oxygens (including phenoxy) is 2. The minimum atomic E-state index is 0.284. The predicted octanol–water partition coefficient (Wildman–Crippen LogP) is 3.91. The molecule has 23 heavy (non-hydrogen) atoms. The van der Waals surface area contributed by atoms with Crippen LogP contribution < -0.4 is 9.47 Å². The molecule has 0 saturated heterocycles. The molecule has 5 nitrogen and oxygen atoms in total. The summed E-state index contributed by atoms with van der Waals surface area (Å²) in [7, 11) is 3.15. The average Bonchev–Trinajstić information content (AvgIpc) is 3.03. The highest BCUT2D eigenvalue weighted by atomic mass is 16.5. The van der Waals surface area contributed by atoms with Crippen molar-refractivity contribution in [1.29, 1.82) is 5.26 Å². The maximum Gasteiger partial charge on any atom is 0.238 e. The van der Waals surface area contributed by atoms with Crippen LogP contribution in [-0.2, 0) is 0 Å². The van der Waals surface area contributed by atoms with Crippen molar-refractivity contribution in [1.82, 2.24) is 4.98 Å². The molecule has 0 amide bonds. The lowest BCUT2D eigenvalue weighted by Crippen LogP contribution is -1.90. The summed E-state index contributed by atoms with van der Waals surface area (Å²) in [6.07, 6.45) is 1.68. The van der Waals surface area contributed by atoms with E-state index in [-0.39, 0.29) is 5.89 Å². The zero-order valence-corrected chi connectivity index (χ0v) is 12.7. The number of oxazole rings is 1. The highest BCUT2D eigenvalue weighted by molar-refractivity contribution is 5.89. The number of fused-ring (bicyclic) bond motifs is 1. The van der Waals surface area contributed by atoms with Gasteiger partial charge in [0.1, 0.15) is 28.7 Å². The third-order valence-corrected chi connectivity index (χ3v) is 3.39. The molecule has 0 radical (unpaired) electrons. The van der Waals surface area contributed by atoms with Gasteiger partial charge in [-0.1, -0.05) is 12.1 Å². The van der Waals surface area contributed by atoms with Gasteiger partial charge < -0.3 is 13.9 Å². The number of para-hydroxylation sites is 2. The summed E-state index contributed by atoms with van der Waals surface area (Å²) in [6.45, 7) is 0. The number of rotatable bonds is 4. The quantitative estimate of drug-likeness (QED) is 0.684. The van der Waals surface area contributed by atoms with E-state index in [2.05, 4.69) is 11.1 Å². The van der Waals surface area contributed by atoms with Crippen LogP contribution in [0.15, 0.2) is 46.9 Å². The molecule has 1 heterocycles. The second-order valence-corrected chi connectivity index (χ2v) is 4.76. The molecule has 1 aromatic heterocycles. The van der Waals surface area contributed by atoms with Crippen molar-refractivity contribution in [3.05, 3.63) is 53.9 Å². The first-order valence-corrected chi connectivity index (χ1v) is 6.95. The maximum atomic E-state index is 9.45. The fraction of sp³-hybridized carbons (Fsp3) is 0.111. The molecule has 0 N–H and O–H groups in total. The van der Waals surface area contributed by atoms with E-state index in [0.717, 1.165) is 5.56 Å². The van der Waals surface area contributed by atoms with E-state index < -0.39 is 0 Å². The molecule has 0 fully saturated rings. The Balaban J connectivity index is 2.07. The second kappa shape index (κ2) is 6.24. The Bertz CT molecular complexity index is 886. The normalized spacial score (nSPS) is 11.3. The standard InChI is InChI=1S/C18H14N2O3/c1-21-14-8-7-12(17(10-14)22-2)9-13(11-19)18-20-15-5-3-4-6-16(15)23-18/h3-10H,1-2H3/b13-9+. The molecule has 0 aliphatic carbocycles. The number of nitrogens with zero attached hydrogens (tertiary/aromatic N) is 2. The van der Waals surface area contributed by atoms with E-state index >= 15 is 0 Å². The van der Waals surface area contributed by atoms with Crippen molar-refractivity contribution in [3.63, 3.8) is 0 Å². The zero-order chi connectivity index (χ0) is 16.2. The summed E-state index contributed by atoms with van der Waals surface area (Å²) in [6, 6.07) is 14.9. The number of hydrogen-bond acceptors (Lipinski definition) is 5. The van der Waals surface area contributed by atoms with Crippen LogP contribution in [0, 0.1) is 11.3 Å². The van der Waals surface area contributed by atoms with Crippen LogP contribution >= 0.6 is 0 Å². The van der Waals surface area contributed by atoms with Gasteiger partial charge in [-0.2, -0.15) is 5.26 Å². The van der Waals surface area contributed by atoms with Gasteiger partial charge in [0.05, 0.1) is 14.2 Å². The Morgan fingerprint density at radius 2 is 2.00 bits per heavy atom. The predicted molar refractivity (Wildman–Crippen MR) is 87.0 cm³/mol. The minimum absolute atomic E-state index is 0.284. The first-order chi connectivity index (χ1) is 11.2. The third-order valence-electron chi connectivity index (χ3n) is 3.39. The number of methoxy groups -OCH3 is 2. The van der Waals surface area contributed by atoms with Crippen molar-refractivity contribution in [2.24, 2.45) is 0 Å². The summed E-state index contributed by atoms with van der Waals surface area (Å²) < 4.78 is 16.2. The van der Waals surface area contributed by atoms with Crippen molar-refractivity contribution in [3.8, 4) is 17.6 Å². The van der Waals surface area contributed by atoms with Crippen molar-refractivity contribution < 1.29 is 13.9 Å². The smallest absolute Gasteiger partial charge is 0.238 e. The summed E-state index contributed by atoms with van der Waals surface area (Å²) in [4.78, 5) is 4.35. The van der Waals surface area contributed by atoms with Gasteiger partial charge in [-0.15, -0.1) is 0 Å². The average molecular weight is 306 g/mol. The Labute approximate surface area is 133 Å². The highest BCUT2D eigenvalue weighted by Gasteiger charge is 2.12. The number of nitriles is 1. The minimum Gasteiger partial charge on any atom is -0.497 e. The molecular weight excluding hydrogens is 292 g/mol. The van der Waals surface area contributed by atoms with E-state index in [1.807, 2.05) is 30.3 Å². The van der Waals surface area contributed by atoms with Crippen molar-refractivity contribution in [2.45, 2.75) is 0 Å². The van der Waals surface area contributed by atoms with Gasteiger partial charge in [-0.3, -0.25) is 0 Å². The van der Waals surface area contributed by atoms with Gasteiger partial charge in [-0.05, 0) is 30.3 Å². The first-order valence-electron chi connectivity index (χ1n) is 6.95. The second-order valence-electron chi connectivity index (χ2n) is 4.76. The van der Waals surface area contributed by atoms with Crippen molar-refractivity contribution >= 4 is 22.7 Å². The molecule has 3 rings (SSSR count). The Morgan fingerprint density at radius 1 is 1.17 bits per heavy atom. The zero-order valence-electron chi connectivity index (χ0n) is 12.7. The van der Waals surface area contributed by atoms with Crippen LogP contribution in [0.2, 0.25) is 0 Å². The van der Waals surface area contributed by atoms with E-state index in [0.29, 0.717) is 28.2 Å². The fourth-order valence-corrected chi connectivity index (χ4v) is 2.22. The Kier molecular flexibility index (Phi) is 3.98. The number of aromatic nitrogens is 1. The molecule has 114 valence electrons. The number of benzene rings is 2. The van der Waals surface area contributed by atoms with Crippen LogP contribution in [-0.4, -0.2) is 19.2 Å². The monoisotopic (exact) mass is 306 g/mol. The van der Waals surface area contributed by atoms with E-state index in [1.54, 1.807) is 32.4 Å². The summed E-state index contributed by atoms with van der Waals surface area (Å²) >= 11 is 0. The topological polar surface area (TPSA) is 68.3 Å². The molecule has 0 aliphatic heterocycles. The third kappa shape index (κ3) is 2.87. The molecule has 0 spiro atoms. The van der Waals surface area contributed by atoms with E-state index in [9.17, 15) is 5.26 Å². The van der Waals surface area contributed by atoms with Crippen LogP contribution in [0.4, 0.5) is 0 Å². The largest absolute Gasteiger partial charge is 0.497 e.